The molecule has 0 aliphatic carbocycles. The number of hydrogen-bond donors (Lipinski definition) is 0. The van der Waals surface area contributed by atoms with E-state index in [-0.39, 0.29) is 17.5 Å². The van der Waals surface area contributed by atoms with Crippen molar-refractivity contribution in [2.24, 2.45) is 15.4 Å². The van der Waals surface area contributed by atoms with Gasteiger partial charge in [-0.15, -0.1) is 0 Å². The predicted molar refractivity (Wildman–Crippen MR) is 136 cm³/mol. The lowest BCUT2D eigenvalue weighted by atomic mass is 9.77. The second-order valence-corrected chi connectivity index (χ2v) is 9.34. The Labute approximate surface area is 199 Å². The Kier molecular flexibility index (Phi) is 8.20. The van der Waals surface area contributed by atoms with Crippen molar-refractivity contribution < 1.29 is 9.47 Å². The third-order valence-corrected chi connectivity index (χ3v) is 6.90. The van der Waals surface area contributed by atoms with Gasteiger partial charge >= 0.3 is 0 Å². The second kappa shape index (κ2) is 11.5. The van der Waals surface area contributed by atoms with Gasteiger partial charge in [0.05, 0.1) is 0 Å². The maximum Gasteiger partial charge on any atom is 0.200 e. The van der Waals surface area contributed by atoms with Crippen LogP contribution < -0.4 is 0 Å². The molecule has 2 heterocycles. The van der Waals surface area contributed by atoms with Gasteiger partial charge in [0.15, 0.2) is 11.8 Å². The average molecular weight is 447 g/mol. The SMILES string of the molecule is CCCCCC(CCCCC)(C1=N[C@H](c2ccccc2)CO1)C1=N[C@H](c2ccccc2)CO1. The van der Waals surface area contributed by atoms with E-state index < -0.39 is 0 Å². The summed E-state index contributed by atoms with van der Waals surface area (Å²) in [5.41, 5.74) is 2.05. The molecule has 0 saturated carbocycles. The van der Waals surface area contributed by atoms with E-state index in [0.29, 0.717) is 13.2 Å². The molecule has 4 nitrogen and oxygen atoms in total. The zero-order valence-corrected chi connectivity index (χ0v) is 20.2. The molecule has 0 spiro atoms. The Hall–Kier alpha value is -2.62. The van der Waals surface area contributed by atoms with Crippen LogP contribution in [0, 0.1) is 5.41 Å². The molecule has 0 unspecified atom stereocenters. The van der Waals surface area contributed by atoms with Crippen molar-refractivity contribution in [2.75, 3.05) is 13.2 Å². The van der Waals surface area contributed by atoms with Crippen LogP contribution in [0.2, 0.25) is 0 Å². The fourth-order valence-corrected chi connectivity index (χ4v) is 4.96. The second-order valence-electron chi connectivity index (χ2n) is 9.34. The fraction of sp³-hybridized carbons (Fsp3) is 0.517. The maximum absolute atomic E-state index is 6.39. The van der Waals surface area contributed by atoms with Crippen LogP contribution >= 0.6 is 0 Å². The van der Waals surface area contributed by atoms with Gasteiger partial charge in [0.2, 0.25) is 0 Å². The van der Waals surface area contributed by atoms with E-state index >= 15 is 0 Å². The van der Waals surface area contributed by atoms with Gasteiger partial charge in [-0.1, -0.05) is 113 Å². The monoisotopic (exact) mass is 446 g/mol. The van der Waals surface area contributed by atoms with Gasteiger partial charge in [-0.05, 0) is 24.0 Å². The van der Waals surface area contributed by atoms with Crippen LogP contribution in [0.3, 0.4) is 0 Å². The van der Waals surface area contributed by atoms with Crippen molar-refractivity contribution in [1.29, 1.82) is 0 Å². The number of hydrogen-bond acceptors (Lipinski definition) is 4. The predicted octanol–water partition coefficient (Wildman–Crippen LogP) is 7.47. The van der Waals surface area contributed by atoms with Crippen molar-refractivity contribution in [2.45, 2.75) is 77.3 Å². The molecule has 0 N–H and O–H groups in total. The molecule has 2 aliphatic rings. The summed E-state index contributed by atoms with van der Waals surface area (Å²) in [6.07, 6.45) is 8.96. The van der Waals surface area contributed by atoms with E-state index in [1.54, 1.807) is 0 Å². The first-order chi connectivity index (χ1) is 16.3. The molecule has 4 heteroatoms. The molecule has 0 radical (unpaired) electrons. The number of benzene rings is 2. The van der Waals surface area contributed by atoms with Crippen molar-refractivity contribution in [1.82, 2.24) is 0 Å². The quantitative estimate of drug-likeness (QED) is 0.317. The van der Waals surface area contributed by atoms with Crippen molar-refractivity contribution in [3.05, 3.63) is 71.8 Å². The Balaban J connectivity index is 1.69. The van der Waals surface area contributed by atoms with Crippen LogP contribution in [0.1, 0.15) is 88.4 Å². The molecule has 33 heavy (non-hydrogen) atoms. The van der Waals surface area contributed by atoms with E-state index in [0.717, 1.165) is 37.5 Å². The molecule has 2 aliphatic heterocycles. The molecule has 0 fully saturated rings. The van der Waals surface area contributed by atoms with Crippen LogP contribution in [0.5, 0.6) is 0 Å². The van der Waals surface area contributed by atoms with Gasteiger partial charge in [-0.25, -0.2) is 9.98 Å². The van der Waals surface area contributed by atoms with E-state index in [2.05, 4.69) is 74.5 Å². The van der Waals surface area contributed by atoms with Gasteiger partial charge in [0.25, 0.3) is 0 Å². The Morgan fingerprint density at radius 3 is 1.48 bits per heavy atom. The van der Waals surface area contributed by atoms with Crippen LogP contribution in [0.15, 0.2) is 70.6 Å². The lowest BCUT2D eigenvalue weighted by Crippen LogP contribution is -2.40. The van der Waals surface area contributed by atoms with Crippen molar-refractivity contribution in [3.63, 3.8) is 0 Å². The first-order valence-electron chi connectivity index (χ1n) is 12.8. The molecule has 2 atom stereocenters. The summed E-state index contributed by atoms with van der Waals surface area (Å²) < 4.78 is 12.8. The zero-order valence-electron chi connectivity index (χ0n) is 20.2. The molecule has 0 amide bonds. The molecule has 0 aromatic heterocycles. The van der Waals surface area contributed by atoms with Crippen molar-refractivity contribution in [3.8, 4) is 0 Å². The third kappa shape index (κ3) is 5.48. The highest BCUT2D eigenvalue weighted by Crippen LogP contribution is 2.43. The van der Waals surface area contributed by atoms with Gasteiger partial charge in [0, 0.05) is 0 Å². The molecule has 2 aromatic carbocycles. The number of ether oxygens (including phenoxy) is 2. The summed E-state index contributed by atoms with van der Waals surface area (Å²) >= 11 is 0. The number of aliphatic imine (C=N–C) groups is 2. The summed E-state index contributed by atoms with van der Waals surface area (Å²) in [5, 5.41) is 0. The summed E-state index contributed by atoms with van der Waals surface area (Å²) in [6, 6.07) is 21.1. The lowest BCUT2D eigenvalue weighted by Gasteiger charge is -2.32. The minimum atomic E-state index is -0.364. The zero-order chi connectivity index (χ0) is 22.9. The van der Waals surface area contributed by atoms with Gasteiger partial charge in [-0.2, -0.15) is 0 Å². The highest BCUT2D eigenvalue weighted by atomic mass is 16.5. The highest BCUT2D eigenvalue weighted by molar-refractivity contribution is 6.06. The average Bonchev–Trinajstić information content (AvgIpc) is 3.56. The van der Waals surface area contributed by atoms with Gasteiger partial charge in [0.1, 0.15) is 30.7 Å². The van der Waals surface area contributed by atoms with E-state index in [1.807, 2.05) is 0 Å². The largest absolute Gasteiger partial charge is 0.478 e. The normalized spacial score (nSPS) is 20.2. The molecule has 0 saturated heterocycles. The molecule has 176 valence electrons. The lowest BCUT2D eigenvalue weighted by molar-refractivity contribution is 0.233. The molecular formula is C29H38N2O2. The standard InChI is InChI=1S/C29H38N2O2/c1-3-5-13-19-29(20-14-6-4-2,27-30-25(21-32-27)23-15-9-7-10-16-23)28-31-26(22-33-28)24-17-11-8-12-18-24/h7-12,15-18,25-26H,3-6,13-14,19-22H2,1-2H3/t25-,26-/m0/s1. The molecule has 2 aromatic rings. The smallest absolute Gasteiger partial charge is 0.200 e. The number of rotatable bonds is 12. The summed E-state index contributed by atoms with van der Waals surface area (Å²) in [5.74, 6) is 1.69. The molecular weight excluding hydrogens is 408 g/mol. The van der Waals surface area contributed by atoms with Gasteiger partial charge in [-0.3, -0.25) is 0 Å². The Morgan fingerprint density at radius 1 is 0.667 bits per heavy atom. The van der Waals surface area contributed by atoms with E-state index in [9.17, 15) is 0 Å². The minimum Gasteiger partial charge on any atom is -0.478 e. The summed E-state index contributed by atoms with van der Waals surface area (Å²) in [7, 11) is 0. The molecule has 0 bridgehead atoms. The summed E-state index contributed by atoms with van der Waals surface area (Å²) in [4.78, 5) is 10.3. The van der Waals surface area contributed by atoms with Crippen LogP contribution in [0.4, 0.5) is 0 Å². The first kappa shape index (κ1) is 23.5. The first-order valence-corrected chi connectivity index (χ1v) is 12.8. The topological polar surface area (TPSA) is 43.2 Å². The Morgan fingerprint density at radius 2 is 1.09 bits per heavy atom. The number of nitrogens with zero attached hydrogens (tertiary/aromatic N) is 2. The Bertz CT molecular complexity index is 846. The van der Waals surface area contributed by atoms with Gasteiger partial charge < -0.3 is 9.47 Å². The minimum absolute atomic E-state index is 0.0462. The van der Waals surface area contributed by atoms with Crippen LogP contribution in [-0.2, 0) is 9.47 Å². The van der Waals surface area contributed by atoms with E-state index in [4.69, 9.17) is 19.5 Å². The van der Waals surface area contributed by atoms with Crippen LogP contribution in [-0.4, -0.2) is 25.0 Å². The van der Waals surface area contributed by atoms with E-state index in [1.165, 1.54) is 36.8 Å². The molecule has 4 rings (SSSR count). The van der Waals surface area contributed by atoms with Crippen LogP contribution in [0.25, 0.3) is 0 Å². The number of unbranched alkanes of at least 4 members (excludes halogenated alkanes) is 4. The third-order valence-electron chi connectivity index (χ3n) is 6.90. The fourth-order valence-electron chi connectivity index (χ4n) is 4.96. The highest BCUT2D eigenvalue weighted by Gasteiger charge is 2.48. The summed E-state index contributed by atoms with van der Waals surface area (Å²) in [6.45, 7) is 5.70. The maximum atomic E-state index is 6.39. The van der Waals surface area contributed by atoms with Crippen molar-refractivity contribution >= 4 is 11.8 Å².